The average molecular weight is 690 g/mol. The van der Waals surface area contributed by atoms with Gasteiger partial charge in [-0.2, -0.15) is 4.99 Å². The van der Waals surface area contributed by atoms with Crippen LogP contribution in [0.2, 0.25) is 0 Å². The molecule has 248 valence electrons. The highest BCUT2D eigenvalue weighted by atomic mass is 32.2. The smallest absolute Gasteiger partial charge is 0.436 e. The summed E-state index contributed by atoms with van der Waals surface area (Å²) in [5, 5.41) is 14.2. The van der Waals surface area contributed by atoms with E-state index in [1.807, 2.05) is 6.92 Å². The molecule has 0 bridgehead atoms. The Kier molecular flexibility index (Phi) is 12.2. The van der Waals surface area contributed by atoms with Crippen LogP contribution in [0.1, 0.15) is 56.9 Å². The molecular weight excluding hydrogens is 651 g/mol. The topological polar surface area (TPSA) is 203 Å². The van der Waals surface area contributed by atoms with Gasteiger partial charge >= 0.3 is 18.1 Å². The molecule has 0 unspecified atom stereocenters. The van der Waals surface area contributed by atoms with Gasteiger partial charge in [-0.1, -0.05) is 18.6 Å². The van der Waals surface area contributed by atoms with E-state index in [0.29, 0.717) is 63.0 Å². The van der Waals surface area contributed by atoms with Crippen molar-refractivity contribution in [2.75, 3.05) is 23.9 Å². The maximum atomic E-state index is 13.9. The van der Waals surface area contributed by atoms with Crippen LogP contribution in [0.25, 0.3) is 11.1 Å². The summed E-state index contributed by atoms with van der Waals surface area (Å²) in [5.41, 5.74) is 14.4. The number of hydrogen-bond donors (Lipinski definition) is 5. The number of hydrogen-bond acceptors (Lipinski definition) is 9. The number of rotatable bonds is 12. The first-order valence-corrected chi connectivity index (χ1v) is 17.8. The molecule has 3 amide bonds. The fourth-order valence-electron chi connectivity index (χ4n) is 4.43. The van der Waals surface area contributed by atoms with E-state index in [0.717, 1.165) is 11.3 Å². The number of urea groups is 1. The first-order chi connectivity index (χ1) is 21.5. The van der Waals surface area contributed by atoms with Gasteiger partial charge in [0.2, 0.25) is 9.84 Å². The number of aryl methyl sites for hydroxylation is 1. The zero-order valence-electron chi connectivity index (χ0n) is 26.3. The number of amidine groups is 1. The van der Waals surface area contributed by atoms with Crippen molar-refractivity contribution in [3.63, 3.8) is 0 Å². The fourth-order valence-corrected chi connectivity index (χ4v) is 8.38. The van der Waals surface area contributed by atoms with Gasteiger partial charge in [0.05, 0.1) is 18.9 Å². The fraction of sp³-hybridized carbons (Fsp3) is 0.355. The van der Waals surface area contributed by atoms with Crippen LogP contribution < -0.4 is 22.1 Å². The summed E-state index contributed by atoms with van der Waals surface area (Å²) in [6.45, 7) is 7.30. The van der Waals surface area contributed by atoms with Gasteiger partial charge in [-0.3, -0.25) is 4.79 Å². The number of aliphatic imine (C=N–C) groups is 1. The lowest BCUT2D eigenvalue weighted by Gasteiger charge is -2.17. The van der Waals surface area contributed by atoms with Crippen molar-refractivity contribution >= 4 is 68.2 Å². The van der Waals surface area contributed by atoms with Crippen LogP contribution in [-0.2, 0) is 19.4 Å². The van der Waals surface area contributed by atoms with Crippen molar-refractivity contribution in [1.82, 2.24) is 5.32 Å². The number of ether oxygens (including phenoxy) is 1. The molecule has 0 aliphatic carbocycles. The van der Waals surface area contributed by atoms with E-state index in [1.165, 1.54) is 30.0 Å². The molecule has 15 heteroatoms. The lowest BCUT2D eigenvalue weighted by Crippen LogP contribution is -2.29. The highest BCUT2D eigenvalue weighted by Gasteiger charge is 2.26. The van der Waals surface area contributed by atoms with Gasteiger partial charge in [-0.25, -0.2) is 18.0 Å². The second kappa shape index (κ2) is 15.5. The summed E-state index contributed by atoms with van der Waals surface area (Å²) < 4.78 is 33.4. The van der Waals surface area contributed by atoms with Crippen molar-refractivity contribution in [1.29, 1.82) is 0 Å². The highest BCUT2D eigenvalue weighted by molar-refractivity contribution is 8.01. The molecule has 2 aromatic carbocycles. The van der Waals surface area contributed by atoms with Gasteiger partial charge in [0, 0.05) is 29.9 Å². The number of carbonyl (C=O) groups excluding carboxylic acids is 2. The number of nitrogens with two attached hydrogens (primary N) is 2. The van der Waals surface area contributed by atoms with Crippen LogP contribution in [0.3, 0.4) is 0 Å². The second-order valence-electron chi connectivity index (χ2n) is 11.3. The van der Waals surface area contributed by atoms with E-state index in [1.54, 1.807) is 51.3 Å². The van der Waals surface area contributed by atoms with Crippen LogP contribution in [0.4, 0.5) is 21.0 Å². The summed E-state index contributed by atoms with van der Waals surface area (Å²) in [5.74, 6) is -0.989. The number of anilines is 2. The Balaban J connectivity index is 1.82. The van der Waals surface area contributed by atoms with Crippen LogP contribution in [0.5, 0.6) is 0 Å². The molecule has 0 radical (unpaired) electrons. The average Bonchev–Trinajstić information content (AvgIpc) is 3.39. The number of nitrogens with one attached hydrogen (secondary N) is 2. The number of sulfone groups is 1. The minimum absolute atomic E-state index is 0.0380. The zero-order chi connectivity index (χ0) is 34.2. The number of benzene rings is 2. The van der Waals surface area contributed by atoms with E-state index < -0.39 is 33.5 Å². The summed E-state index contributed by atoms with van der Waals surface area (Å²) in [6, 6.07) is 10.7. The van der Waals surface area contributed by atoms with E-state index in [-0.39, 0.29) is 22.0 Å². The number of nitrogen functional groups attached to an aromatic ring is 1. The Hall–Kier alpha value is -4.08. The largest absolute Gasteiger partial charge is 0.481 e. The molecule has 0 aliphatic heterocycles. The van der Waals surface area contributed by atoms with E-state index >= 15 is 0 Å². The Morgan fingerprint density at radius 3 is 2.43 bits per heavy atom. The SMILES string of the molecule is CSc1sc(/C(N)=N\C(=O)OC(C)(C)C)cc1S(=O)(=O)c1cccc(-c2c(C)cc(NC(=O)NCCCCCC(=O)O)cc2N)c1. The van der Waals surface area contributed by atoms with Gasteiger partial charge in [0.15, 0.2) is 0 Å². The zero-order valence-corrected chi connectivity index (χ0v) is 28.7. The van der Waals surface area contributed by atoms with E-state index in [4.69, 9.17) is 21.3 Å². The summed E-state index contributed by atoms with van der Waals surface area (Å²) >= 11 is 2.35. The van der Waals surface area contributed by atoms with E-state index in [2.05, 4.69) is 15.6 Å². The van der Waals surface area contributed by atoms with Crippen LogP contribution in [0.15, 0.2) is 61.5 Å². The first-order valence-electron chi connectivity index (χ1n) is 14.3. The predicted molar refractivity (Wildman–Crippen MR) is 183 cm³/mol. The Bertz CT molecular complexity index is 1720. The number of thioether (sulfide) groups is 1. The minimum atomic E-state index is -4.02. The quantitative estimate of drug-likeness (QED) is 0.0474. The number of aliphatic carboxylic acids is 1. The predicted octanol–water partition coefficient (Wildman–Crippen LogP) is 6.27. The molecule has 46 heavy (non-hydrogen) atoms. The van der Waals surface area contributed by atoms with Crippen LogP contribution in [-0.4, -0.2) is 55.9 Å². The molecule has 0 spiro atoms. The van der Waals surface area contributed by atoms with Crippen molar-refractivity contribution in [3.05, 3.63) is 52.9 Å². The molecule has 12 nitrogen and oxygen atoms in total. The monoisotopic (exact) mass is 689 g/mol. The molecule has 7 N–H and O–H groups in total. The second-order valence-corrected chi connectivity index (χ2v) is 15.4. The van der Waals surface area contributed by atoms with Gasteiger partial charge in [-0.05, 0) is 88.3 Å². The number of unbranched alkanes of at least 4 members (excludes halogenated alkanes) is 2. The van der Waals surface area contributed by atoms with Crippen molar-refractivity contribution in [3.8, 4) is 11.1 Å². The Morgan fingerprint density at radius 2 is 1.80 bits per heavy atom. The van der Waals surface area contributed by atoms with Crippen molar-refractivity contribution in [2.45, 2.75) is 73.0 Å². The maximum Gasteiger partial charge on any atom is 0.436 e. The lowest BCUT2D eigenvalue weighted by atomic mass is 9.98. The Morgan fingerprint density at radius 1 is 1.09 bits per heavy atom. The Labute approximate surface area is 276 Å². The highest BCUT2D eigenvalue weighted by Crippen LogP contribution is 2.39. The summed E-state index contributed by atoms with van der Waals surface area (Å²) in [4.78, 5) is 39.3. The van der Waals surface area contributed by atoms with Gasteiger partial charge < -0.3 is 31.9 Å². The molecule has 1 aromatic heterocycles. The molecular formula is C31H39N5O7S3. The lowest BCUT2D eigenvalue weighted by molar-refractivity contribution is -0.137. The molecule has 3 aromatic rings. The van der Waals surface area contributed by atoms with E-state index in [9.17, 15) is 22.8 Å². The summed E-state index contributed by atoms with van der Waals surface area (Å²) in [6.07, 6.45) is 2.85. The summed E-state index contributed by atoms with van der Waals surface area (Å²) in [7, 11) is -4.02. The van der Waals surface area contributed by atoms with Gasteiger partial charge in [0.1, 0.15) is 11.4 Å². The molecule has 1 heterocycles. The maximum absolute atomic E-state index is 13.9. The number of carboxylic acids is 1. The van der Waals surface area contributed by atoms with Crippen LogP contribution in [0, 0.1) is 6.92 Å². The first kappa shape index (κ1) is 36.4. The molecule has 0 saturated heterocycles. The molecule has 0 saturated carbocycles. The number of nitrogens with zero attached hydrogens (tertiary/aromatic N) is 1. The third kappa shape index (κ3) is 9.96. The minimum Gasteiger partial charge on any atom is -0.481 e. The number of carboxylic acid groups (broad SMARTS) is 1. The third-order valence-electron chi connectivity index (χ3n) is 6.41. The number of carbonyl (C=O) groups is 3. The van der Waals surface area contributed by atoms with Gasteiger partial charge in [-0.15, -0.1) is 23.1 Å². The molecule has 3 rings (SSSR count). The van der Waals surface area contributed by atoms with Crippen LogP contribution >= 0.6 is 23.1 Å². The molecule has 0 fully saturated rings. The normalized spacial score (nSPS) is 12.1. The third-order valence-corrected chi connectivity index (χ3v) is 10.7. The number of thiophene rings is 1. The molecule has 0 aliphatic rings. The van der Waals surface area contributed by atoms with Crippen molar-refractivity contribution in [2.24, 2.45) is 10.7 Å². The molecule has 0 atom stereocenters. The van der Waals surface area contributed by atoms with Crippen molar-refractivity contribution < 1.29 is 32.6 Å². The standard InChI is InChI=1S/C31H39N5O7S3/c1-18-14-20(35-29(39)34-13-8-6-7-12-25(37)38)16-22(32)26(18)19-10-9-11-21(15-19)46(41,42)24-17-23(45-28(24)44-5)27(33)36-30(40)43-31(2,3)4/h9-11,14-17H,6-8,12-13,32H2,1-5H3,(H,37,38)(H2,33,36,40)(H2,34,35,39). The van der Waals surface area contributed by atoms with Gasteiger partial charge in [0.25, 0.3) is 0 Å². The number of amides is 3.